The maximum atomic E-state index is 13.2. The molecule has 216 valence electrons. The predicted octanol–water partition coefficient (Wildman–Crippen LogP) is 5.52. The van der Waals surface area contributed by atoms with Crippen molar-refractivity contribution in [1.29, 1.82) is 5.26 Å². The fraction of sp³-hybridized carbons (Fsp3) is 0.500. The third-order valence-electron chi connectivity index (χ3n) is 8.80. The molecule has 10 nitrogen and oxygen atoms in total. The Morgan fingerprint density at radius 1 is 1.27 bits per heavy atom. The Hall–Kier alpha value is -3.75. The number of nitrogens with one attached hydrogen (secondary N) is 2. The standard InChI is InChI=1S/C30H40N8O2Si/c1-19(2)37-11-12-38-26(27(37)39)24(16-34-38)36-28-32-10-9-23(35-28)20-13-21(15-31)25-22(14-20)30(6,17-33-25)18-40-41(7,8)29(3,4)5/h9-10,13-14,16,19,33H,11-12,17-18H2,1-8H3,(H,32,35,36)/t30-/m1/s1. The first-order valence-electron chi connectivity index (χ1n) is 14.2. The Bertz CT molecular complexity index is 1530. The van der Waals surface area contributed by atoms with E-state index in [0.29, 0.717) is 54.8 Å². The molecule has 0 fully saturated rings. The molecule has 2 aliphatic rings. The van der Waals surface area contributed by atoms with Crippen LogP contribution in [-0.4, -0.2) is 64.6 Å². The van der Waals surface area contributed by atoms with Gasteiger partial charge < -0.3 is 20.0 Å². The number of aromatic nitrogens is 4. The van der Waals surface area contributed by atoms with Crippen LogP contribution >= 0.6 is 0 Å². The van der Waals surface area contributed by atoms with Crippen molar-refractivity contribution in [3.8, 4) is 17.3 Å². The lowest BCUT2D eigenvalue weighted by Gasteiger charge is -2.39. The highest BCUT2D eigenvalue weighted by Gasteiger charge is 2.42. The molecule has 0 spiro atoms. The second-order valence-electron chi connectivity index (χ2n) is 13.1. The van der Waals surface area contributed by atoms with Gasteiger partial charge in [-0.1, -0.05) is 27.7 Å². The van der Waals surface area contributed by atoms with Gasteiger partial charge in [0.25, 0.3) is 5.91 Å². The van der Waals surface area contributed by atoms with Gasteiger partial charge in [-0.25, -0.2) is 9.97 Å². The lowest BCUT2D eigenvalue weighted by Crippen LogP contribution is -2.45. The summed E-state index contributed by atoms with van der Waals surface area (Å²) in [5.41, 5.74) is 4.79. The summed E-state index contributed by atoms with van der Waals surface area (Å²) in [5, 5.41) is 21.2. The minimum atomic E-state index is -1.96. The van der Waals surface area contributed by atoms with Crippen molar-refractivity contribution in [2.75, 3.05) is 30.3 Å². The van der Waals surface area contributed by atoms with E-state index in [1.165, 1.54) is 0 Å². The fourth-order valence-electron chi connectivity index (χ4n) is 5.11. The second kappa shape index (κ2) is 10.3. The average molecular weight is 573 g/mol. The maximum absolute atomic E-state index is 13.2. The molecule has 0 saturated carbocycles. The lowest BCUT2D eigenvalue weighted by atomic mass is 9.83. The Kier molecular flexibility index (Phi) is 7.20. The number of carbonyl (C=O) groups excluding carboxylic acids is 1. The zero-order valence-electron chi connectivity index (χ0n) is 25.3. The number of benzene rings is 1. The van der Waals surface area contributed by atoms with Crippen molar-refractivity contribution in [3.05, 3.63) is 47.4 Å². The molecule has 1 aromatic carbocycles. The van der Waals surface area contributed by atoms with E-state index in [9.17, 15) is 10.1 Å². The van der Waals surface area contributed by atoms with Crippen molar-refractivity contribution < 1.29 is 9.22 Å². The average Bonchev–Trinajstić information content (AvgIpc) is 3.48. The van der Waals surface area contributed by atoms with Gasteiger partial charge in [-0.05, 0) is 55.7 Å². The topological polar surface area (TPSA) is 121 Å². The SMILES string of the molecule is CC(C)N1CCn2ncc(Nc3nccc(-c4cc(C#N)c5c(c4)[C@@](C)(CO[Si](C)(C)C(C)(C)C)CN5)n3)c2C1=O. The number of anilines is 3. The first-order valence-corrected chi connectivity index (χ1v) is 17.1. The molecule has 2 N–H and O–H groups in total. The zero-order valence-corrected chi connectivity index (χ0v) is 26.3. The van der Waals surface area contributed by atoms with Crippen molar-refractivity contribution in [2.24, 2.45) is 0 Å². The Labute approximate surface area is 243 Å². The van der Waals surface area contributed by atoms with Crippen LogP contribution in [-0.2, 0) is 16.4 Å². The third-order valence-corrected chi connectivity index (χ3v) is 13.3. The predicted molar refractivity (Wildman–Crippen MR) is 163 cm³/mol. The Balaban J connectivity index is 1.45. The lowest BCUT2D eigenvalue weighted by molar-refractivity contribution is 0.0643. The monoisotopic (exact) mass is 572 g/mol. The first kappa shape index (κ1) is 28.8. The molecule has 2 aliphatic heterocycles. The molecule has 0 aliphatic carbocycles. The van der Waals surface area contributed by atoms with Crippen LogP contribution < -0.4 is 10.6 Å². The normalized spacial score (nSPS) is 18.6. The summed E-state index contributed by atoms with van der Waals surface area (Å²) in [5.74, 6) is 0.292. The molecule has 2 aromatic heterocycles. The highest BCUT2D eigenvalue weighted by atomic mass is 28.4. The molecular weight excluding hydrogens is 532 g/mol. The Morgan fingerprint density at radius 2 is 2.02 bits per heavy atom. The number of nitriles is 1. The maximum Gasteiger partial charge on any atom is 0.274 e. The number of rotatable bonds is 7. The molecular formula is C30H40N8O2Si. The van der Waals surface area contributed by atoms with Gasteiger partial charge in [-0.3, -0.25) is 9.48 Å². The van der Waals surface area contributed by atoms with Gasteiger partial charge in [0, 0.05) is 42.9 Å². The van der Waals surface area contributed by atoms with Crippen LogP contribution in [0.4, 0.5) is 17.3 Å². The second-order valence-corrected chi connectivity index (χ2v) is 17.9. The highest BCUT2D eigenvalue weighted by molar-refractivity contribution is 6.74. The van der Waals surface area contributed by atoms with Crippen LogP contribution in [0.5, 0.6) is 0 Å². The summed E-state index contributed by atoms with van der Waals surface area (Å²) in [6, 6.07) is 8.28. The molecule has 0 bridgehead atoms. The number of hydrogen-bond donors (Lipinski definition) is 2. The molecule has 5 rings (SSSR count). The molecule has 1 amide bonds. The number of amides is 1. The van der Waals surface area contributed by atoms with E-state index in [2.05, 4.69) is 73.6 Å². The molecule has 0 unspecified atom stereocenters. The van der Waals surface area contributed by atoms with Crippen LogP contribution in [0.2, 0.25) is 18.1 Å². The summed E-state index contributed by atoms with van der Waals surface area (Å²) in [7, 11) is -1.96. The zero-order chi connectivity index (χ0) is 29.7. The number of hydrogen-bond acceptors (Lipinski definition) is 8. The van der Waals surface area contributed by atoms with Gasteiger partial charge in [0.05, 0.1) is 35.4 Å². The minimum absolute atomic E-state index is 0.0635. The molecule has 4 heterocycles. The van der Waals surface area contributed by atoms with Crippen molar-refractivity contribution in [2.45, 2.75) is 77.7 Å². The summed E-state index contributed by atoms with van der Waals surface area (Å²) < 4.78 is 8.38. The first-order chi connectivity index (χ1) is 19.2. The highest BCUT2D eigenvalue weighted by Crippen LogP contribution is 2.44. The molecule has 3 aromatic rings. The summed E-state index contributed by atoms with van der Waals surface area (Å²) in [6.45, 7) is 20.0. The van der Waals surface area contributed by atoms with Gasteiger partial charge in [-0.15, -0.1) is 0 Å². The molecule has 11 heteroatoms. The van der Waals surface area contributed by atoms with E-state index in [1.54, 1.807) is 17.1 Å². The largest absolute Gasteiger partial charge is 0.416 e. The van der Waals surface area contributed by atoms with Crippen molar-refractivity contribution in [1.82, 2.24) is 24.6 Å². The van der Waals surface area contributed by atoms with Gasteiger partial charge in [0.1, 0.15) is 11.8 Å². The minimum Gasteiger partial charge on any atom is -0.416 e. The summed E-state index contributed by atoms with van der Waals surface area (Å²) in [4.78, 5) is 24.2. The van der Waals surface area contributed by atoms with E-state index >= 15 is 0 Å². The van der Waals surface area contributed by atoms with Crippen LogP contribution in [0.1, 0.15) is 63.2 Å². The van der Waals surface area contributed by atoms with Crippen LogP contribution in [0.3, 0.4) is 0 Å². The van der Waals surface area contributed by atoms with E-state index < -0.39 is 8.32 Å². The smallest absolute Gasteiger partial charge is 0.274 e. The molecule has 0 saturated heterocycles. The van der Waals surface area contributed by atoms with Crippen molar-refractivity contribution >= 4 is 31.5 Å². The Morgan fingerprint density at radius 3 is 2.71 bits per heavy atom. The van der Waals surface area contributed by atoms with Crippen LogP contribution in [0, 0.1) is 11.3 Å². The molecule has 1 atom stereocenters. The van der Waals surface area contributed by atoms with Gasteiger partial charge >= 0.3 is 0 Å². The van der Waals surface area contributed by atoms with Crippen LogP contribution in [0.15, 0.2) is 30.6 Å². The van der Waals surface area contributed by atoms with E-state index in [0.717, 1.165) is 16.8 Å². The number of carbonyl (C=O) groups is 1. The van der Waals surface area contributed by atoms with E-state index in [1.807, 2.05) is 30.9 Å². The quantitative estimate of drug-likeness (QED) is 0.355. The third kappa shape index (κ3) is 5.22. The molecule has 41 heavy (non-hydrogen) atoms. The fourth-order valence-corrected chi connectivity index (χ4v) is 6.23. The molecule has 0 radical (unpaired) electrons. The van der Waals surface area contributed by atoms with E-state index in [-0.39, 0.29) is 22.4 Å². The number of fused-ring (bicyclic) bond motifs is 2. The van der Waals surface area contributed by atoms with E-state index in [4.69, 9.17) is 9.41 Å². The number of nitrogens with zero attached hydrogens (tertiary/aromatic N) is 6. The van der Waals surface area contributed by atoms with Gasteiger partial charge in [-0.2, -0.15) is 10.4 Å². The van der Waals surface area contributed by atoms with Gasteiger partial charge in [0.15, 0.2) is 8.32 Å². The van der Waals surface area contributed by atoms with Crippen LogP contribution in [0.25, 0.3) is 11.3 Å². The van der Waals surface area contributed by atoms with Gasteiger partial charge in [0.2, 0.25) is 5.95 Å². The summed E-state index contributed by atoms with van der Waals surface area (Å²) >= 11 is 0. The van der Waals surface area contributed by atoms with Crippen molar-refractivity contribution in [3.63, 3.8) is 0 Å². The summed E-state index contributed by atoms with van der Waals surface area (Å²) in [6.07, 6.45) is 3.33.